The lowest BCUT2D eigenvalue weighted by Crippen LogP contribution is -2.48. The maximum absolute atomic E-state index is 12.9. The van der Waals surface area contributed by atoms with Crippen molar-refractivity contribution in [1.82, 2.24) is 4.90 Å². The predicted octanol–water partition coefficient (Wildman–Crippen LogP) is 4.14. The van der Waals surface area contributed by atoms with Gasteiger partial charge in [-0.2, -0.15) is 0 Å². The van der Waals surface area contributed by atoms with Gasteiger partial charge in [0.1, 0.15) is 5.58 Å². The SMILES string of the molecule is CN(C)C1(C(=O)c2cc3cc(Cl)ccc3o2)CCCC1. The zero-order chi connectivity index (χ0) is 14.3. The molecule has 0 radical (unpaired) electrons. The molecule has 3 nitrogen and oxygen atoms in total. The minimum atomic E-state index is -0.405. The average Bonchev–Trinajstić information content (AvgIpc) is 3.04. The Hall–Kier alpha value is -1.32. The average molecular weight is 292 g/mol. The lowest BCUT2D eigenvalue weighted by atomic mass is 9.89. The maximum atomic E-state index is 12.9. The normalized spacial score (nSPS) is 18.0. The van der Waals surface area contributed by atoms with Crippen LogP contribution in [0.1, 0.15) is 36.2 Å². The van der Waals surface area contributed by atoms with Crippen molar-refractivity contribution < 1.29 is 9.21 Å². The van der Waals surface area contributed by atoms with Gasteiger partial charge in [-0.15, -0.1) is 0 Å². The van der Waals surface area contributed by atoms with Gasteiger partial charge in [0.2, 0.25) is 5.78 Å². The Morgan fingerprint density at radius 2 is 1.95 bits per heavy atom. The number of carbonyl (C=O) groups excluding carboxylic acids is 1. The number of fused-ring (bicyclic) bond motifs is 1. The third-order valence-electron chi connectivity index (χ3n) is 4.41. The quantitative estimate of drug-likeness (QED) is 0.797. The van der Waals surface area contributed by atoms with E-state index in [-0.39, 0.29) is 5.78 Å². The van der Waals surface area contributed by atoms with E-state index in [0.29, 0.717) is 16.4 Å². The Kier molecular flexibility index (Phi) is 3.35. The molecule has 2 aromatic rings. The van der Waals surface area contributed by atoms with Crippen LogP contribution in [0.4, 0.5) is 0 Å². The van der Waals surface area contributed by atoms with Gasteiger partial charge in [0.15, 0.2) is 5.76 Å². The van der Waals surface area contributed by atoms with Crippen LogP contribution in [0, 0.1) is 0 Å². The highest BCUT2D eigenvalue weighted by atomic mass is 35.5. The number of carbonyl (C=O) groups is 1. The molecule has 20 heavy (non-hydrogen) atoms. The van der Waals surface area contributed by atoms with Gasteiger partial charge in [0.05, 0.1) is 5.54 Å². The number of likely N-dealkylation sites (N-methyl/N-ethyl adjacent to an activating group) is 1. The van der Waals surface area contributed by atoms with Crippen LogP contribution in [0.5, 0.6) is 0 Å². The Morgan fingerprint density at radius 1 is 1.25 bits per heavy atom. The van der Waals surface area contributed by atoms with Gasteiger partial charge in [-0.3, -0.25) is 9.69 Å². The van der Waals surface area contributed by atoms with E-state index in [9.17, 15) is 4.79 Å². The number of Topliss-reactive ketones (excluding diaryl/α,β-unsaturated/α-hetero) is 1. The highest BCUT2D eigenvalue weighted by molar-refractivity contribution is 6.31. The van der Waals surface area contributed by atoms with Crippen LogP contribution in [0.25, 0.3) is 11.0 Å². The van der Waals surface area contributed by atoms with Crippen molar-refractivity contribution >= 4 is 28.4 Å². The number of ketones is 1. The van der Waals surface area contributed by atoms with Crippen LogP contribution in [0.3, 0.4) is 0 Å². The molecule has 0 N–H and O–H groups in total. The molecular formula is C16H18ClNO2. The van der Waals surface area contributed by atoms with Gasteiger partial charge < -0.3 is 4.42 Å². The molecule has 1 aromatic heterocycles. The van der Waals surface area contributed by atoms with Crippen LogP contribution in [-0.2, 0) is 0 Å². The molecule has 106 valence electrons. The molecule has 0 saturated heterocycles. The second kappa shape index (κ2) is 4.90. The Bertz CT molecular complexity index is 654. The summed E-state index contributed by atoms with van der Waals surface area (Å²) in [5.74, 6) is 0.533. The van der Waals surface area contributed by atoms with Crippen LogP contribution in [0.15, 0.2) is 28.7 Å². The molecule has 1 aromatic carbocycles. The van der Waals surface area contributed by atoms with E-state index in [4.69, 9.17) is 16.0 Å². The summed E-state index contributed by atoms with van der Waals surface area (Å²) in [5.41, 5.74) is 0.308. The molecule has 1 heterocycles. The molecule has 0 bridgehead atoms. The first kappa shape index (κ1) is 13.7. The second-order valence-corrected chi connectivity index (χ2v) is 6.19. The molecule has 1 aliphatic carbocycles. The molecule has 0 aliphatic heterocycles. The molecule has 0 amide bonds. The number of hydrogen-bond acceptors (Lipinski definition) is 3. The van der Waals surface area contributed by atoms with E-state index in [1.54, 1.807) is 6.07 Å². The zero-order valence-corrected chi connectivity index (χ0v) is 12.5. The number of halogens is 1. The van der Waals surface area contributed by atoms with Crippen molar-refractivity contribution in [1.29, 1.82) is 0 Å². The van der Waals surface area contributed by atoms with E-state index in [1.807, 2.05) is 37.2 Å². The molecule has 1 fully saturated rings. The summed E-state index contributed by atoms with van der Waals surface area (Å²) in [5, 5.41) is 1.54. The maximum Gasteiger partial charge on any atom is 0.218 e. The van der Waals surface area contributed by atoms with Gasteiger partial charge in [-0.05, 0) is 51.2 Å². The van der Waals surface area contributed by atoms with E-state index in [0.717, 1.165) is 31.1 Å². The smallest absolute Gasteiger partial charge is 0.218 e. The minimum Gasteiger partial charge on any atom is -0.453 e. The van der Waals surface area contributed by atoms with E-state index in [2.05, 4.69) is 0 Å². The largest absolute Gasteiger partial charge is 0.453 e. The number of furan rings is 1. The Morgan fingerprint density at radius 3 is 2.60 bits per heavy atom. The molecule has 0 unspecified atom stereocenters. The van der Waals surface area contributed by atoms with Gasteiger partial charge in [0.25, 0.3) is 0 Å². The number of benzene rings is 1. The van der Waals surface area contributed by atoms with E-state index in [1.165, 1.54) is 0 Å². The third-order valence-corrected chi connectivity index (χ3v) is 4.65. The summed E-state index contributed by atoms with van der Waals surface area (Å²) in [6, 6.07) is 7.23. The third kappa shape index (κ3) is 2.05. The fourth-order valence-electron chi connectivity index (χ4n) is 3.19. The second-order valence-electron chi connectivity index (χ2n) is 5.76. The molecule has 4 heteroatoms. The topological polar surface area (TPSA) is 33.5 Å². The molecule has 3 rings (SSSR count). The van der Waals surface area contributed by atoms with Crippen LogP contribution in [-0.4, -0.2) is 30.3 Å². The van der Waals surface area contributed by atoms with Crippen molar-refractivity contribution in [2.75, 3.05) is 14.1 Å². The summed E-state index contributed by atoms with van der Waals surface area (Å²) >= 11 is 5.98. The molecule has 1 aliphatic rings. The van der Waals surface area contributed by atoms with E-state index < -0.39 is 5.54 Å². The first-order valence-electron chi connectivity index (χ1n) is 6.94. The predicted molar refractivity (Wildman–Crippen MR) is 80.4 cm³/mol. The van der Waals surface area contributed by atoms with Crippen LogP contribution in [0.2, 0.25) is 5.02 Å². The highest BCUT2D eigenvalue weighted by Crippen LogP contribution is 2.37. The lowest BCUT2D eigenvalue weighted by molar-refractivity contribution is 0.0665. The zero-order valence-electron chi connectivity index (χ0n) is 11.8. The van der Waals surface area contributed by atoms with Crippen molar-refractivity contribution in [2.45, 2.75) is 31.2 Å². The summed E-state index contributed by atoms with van der Waals surface area (Å²) in [6.45, 7) is 0. The summed E-state index contributed by atoms with van der Waals surface area (Å²) in [7, 11) is 3.95. The fourth-order valence-corrected chi connectivity index (χ4v) is 3.37. The Balaban J connectivity index is 2.03. The van der Waals surface area contributed by atoms with Gasteiger partial charge >= 0.3 is 0 Å². The first-order valence-corrected chi connectivity index (χ1v) is 7.32. The van der Waals surface area contributed by atoms with Gasteiger partial charge in [0, 0.05) is 10.4 Å². The molecule has 0 atom stereocenters. The lowest BCUT2D eigenvalue weighted by Gasteiger charge is -2.33. The van der Waals surface area contributed by atoms with Crippen LogP contribution >= 0.6 is 11.6 Å². The molecule has 1 saturated carbocycles. The van der Waals surface area contributed by atoms with Crippen molar-refractivity contribution in [3.8, 4) is 0 Å². The summed E-state index contributed by atoms with van der Waals surface area (Å²) in [6.07, 6.45) is 3.99. The van der Waals surface area contributed by atoms with Crippen molar-refractivity contribution in [3.63, 3.8) is 0 Å². The van der Waals surface area contributed by atoms with Gasteiger partial charge in [-0.25, -0.2) is 0 Å². The first-order chi connectivity index (χ1) is 9.53. The monoisotopic (exact) mass is 291 g/mol. The number of hydrogen-bond donors (Lipinski definition) is 0. The Labute approximate surface area is 123 Å². The standard InChI is InChI=1S/C16H18ClNO2/c1-18(2)16(7-3-4-8-16)15(19)14-10-11-9-12(17)5-6-13(11)20-14/h5-6,9-10H,3-4,7-8H2,1-2H3. The summed E-state index contributed by atoms with van der Waals surface area (Å²) in [4.78, 5) is 14.9. The highest BCUT2D eigenvalue weighted by Gasteiger charge is 2.44. The molecule has 0 spiro atoms. The number of nitrogens with zero attached hydrogens (tertiary/aromatic N) is 1. The van der Waals surface area contributed by atoms with E-state index >= 15 is 0 Å². The fraction of sp³-hybridized carbons (Fsp3) is 0.438. The minimum absolute atomic E-state index is 0.0901. The number of rotatable bonds is 3. The van der Waals surface area contributed by atoms with Crippen molar-refractivity contribution in [2.24, 2.45) is 0 Å². The van der Waals surface area contributed by atoms with Crippen LogP contribution < -0.4 is 0 Å². The summed E-state index contributed by atoms with van der Waals surface area (Å²) < 4.78 is 5.74. The van der Waals surface area contributed by atoms with Crippen molar-refractivity contribution in [3.05, 3.63) is 35.0 Å². The molecular weight excluding hydrogens is 274 g/mol. The van der Waals surface area contributed by atoms with Gasteiger partial charge in [-0.1, -0.05) is 24.4 Å².